The number of thiazole rings is 1. The molecule has 2 heterocycles. The number of hydrogen-bond donors (Lipinski definition) is 1. The predicted molar refractivity (Wildman–Crippen MR) is 88.9 cm³/mol. The van der Waals surface area contributed by atoms with E-state index in [2.05, 4.69) is 50.0 Å². The minimum Gasteiger partial charge on any atom is -0.383 e. The number of rotatable bonds is 3. The van der Waals surface area contributed by atoms with Gasteiger partial charge < -0.3 is 5.73 Å². The standard InChI is InChI=1S/C16H24N4S/c1-9(2)15-18-11(10(3)14(17)20-15)7-13-19-12(8-21-13)16(4,5)6/h8-9H,7H2,1-6H3,(H2,17,18,20). The molecule has 4 nitrogen and oxygen atoms in total. The molecule has 0 amide bonds. The van der Waals surface area contributed by atoms with Crippen molar-refractivity contribution in [3.63, 3.8) is 0 Å². The molecule has 0 aromatic carbocycles. The SMILES string of the molecule is Cc1c(N)nc(C(C)C)nc1Cc1nc(C(C)(C)C)cs1. The van der Waals surface area contributed by atoms with Crippen LogP contribution in [0, 0.1) is 6.92 Å². The Bertz CT molecular complexity index is 638. The number of hydrogen-bond acceptors (Lipinski definition) is 5. The Labute approximate surface area is 130 Å². The molecule has 5 heteroatoms. The number of anilines is 1. The van der Waals surface area contributed by atoms with Gasteiger partial charge in [0.1, 0.15) is 11.6 Å². The minimum absolute atomic E-state index is 0.0809. The molecule has 0 fully saturated rings. The molecule has 2 N–H and O–H groups in total. The first-order valence-electron chi connectivity index (χ1n) is 7.26. The van der Waals surface area contributed by atoms with Crippen molar-refractivity contribution in [3.8, 4) is 0 Å². The molecule has 0 aliphatic rings. The molecule has 114 valence electrons. The normalized spacial score (nSPS) is 12.1. The number of nitrogens with two attached hydrogens (primary N) is 1. The molecule has 0 radical (unpaired) electrons. The lowest BCUT2D eigenvalue weighted by atomic mass is 9.93. The molecular weight excluding hydrogens is 280 g/mol. The second-order valence-corrected chi connectivity index (χ2v) is 7.69. The van der Waals surface area contributed by atoms with E-state index in [1.807, 2.05) is 6.92 Å². The topological polar surface area (TPSA) is 64.7 Å². The van der Waals surface area contributed by atoms with E-state index in [4.69, 9.17) is 10.7 Å². The largest absolute Gasteiger partial charge is 0.383 e. The van der Waals surface area contributed by atoms with E-state index in [1.165, 1.54) is 0 Å². The smallest absolute Gasteiger partial charge is 0.133 e. The maximum absolute atomic E-state index is 6.02. The van der Waals surface area contributed by atoms with Gasteiger partial charge in [-0.1, -0.05) is 34.6 Å². The molecule has 0 saturated carbocycles. The third-order valence-corrected chi connectivity index (χ3v) is 4.31. The van der Waals surface area contributed by atoms with Gasteiger partial charge in [0, 0.05) is 28.7 Å². The Kier molecular flexibility index (Phi) is 4.33. The zero-order chi connectivity index (χ0) is 15.8. The first-order valence-corrected chi connectivity index (χ1v) is 8.14. The molecule has 0 unspecified atom stereocenters. The maximum Gasteiger partial charge on any atom is 0.133 e. The third-order valence-electron chi connectivity index (χ3n) is 3.46. The van der Waals surface area contributed by atoms with Crippen LogP contribution in [0.25, 0.3) is 0 Å². The fourth-order valence-corrected chi connectivity index (χ4v) is 2.94. The van der Waals surface area contributed by atoms with Gasteiger partial charge in [0.25, 0.3) is 0 Å². The van der Waals surface area contributed by atoms with Gasteiger partial charge in [0.2, 0.25) is 0 Å². The summed E-state index contributed by atoms with van der Waals surface area (Å²) in [6, 6.07) is 0. The lowest BCUT2D eigenvalue weighted by molar-refractivity contribution is 0.571. The van der Waals surface area contributed by atoms with Gasteiger partial charge >= 0.3 is 0 Å². The fraction of sp³-hybridized carbons (Fsp3) is 0.562. The van der Waals surface area contributed by atoms with Crippen LogP contribution >= 0.6 is 11.3 Å². The van der Waals surface area contributed by atoms with Crippen LogP contribution in [0.5, 0.6) is 0 Å². The van der Waals surface area contributed by atoms with Crippen molar-refractivity contribution in [3.05, 3.63) is 33.2 Å². The molecule has 2 aromatic rings. The van der Waals surface area contributed by atoms with Crippen molar-refractivity contribution in [2.24, 2.45) is 0 Å². The first kappa shape index (κ1) is 15.9. The van der Waals surface area contributed by atoms with Crippen LogP contribution in [-0.2, 0) is 11.8 Å². The zero-order valence-corrected chi connectivity index (χ0v) is 14.5. The van der Waals surface area contributed by atoms with E-state index in [0.717, 1.165) is 34.2 Å². The van der Waals surface area contributed by atoms with Gasteiger partial charge in [-0.3, -0.25) is 0 Å². The first-order chi connectivity index (χ1) is 9.68. The lowest BCUT2D eigenvalue weighted by Crippen LogP contribution is -2.12. The number of nitrogen functional groups attached to an aromatic ring is 1. The van der Waals surface area contributed by atoms with Crippen molar-refractivity contribution >= 4 is 17.2 Å². The van der Waals surface area contributed by atoms with Gasteiger partial charge in [-0.05, 0) is 6.92 Å². The second kappa shape index (κ2) is 5.72. The number of nitrogens with zero attached hydrogens (tertiary/aromatic N) is 3. The van der Waals surface area contributed by atoms with E-state index >= 15 is 0 Å². The Morgan fingerprint density at radius 2 is 1.86 bits per heavy atom. The molecule has 21 heavy (non-hydrogen) atoms. The molecule has 2 rings (SSSR count). The van der Waals surface area contributed by atoms with Crippen LogP contribution in [0.15, 0.2) is 5.38 Å². The number of aromatic nitrogens is 3. The van der Waals surface area contributed by atoms with Crippen LogP contribution in [0.1, 0.15) is 68.3 Å². The van der Waals surface area contributed by atoms with Crippen LogP contribution in [0.3, 0.4) is 0 Å². The van der Waals surface area contributed by atoms with Crippen molar-refractivity contribution in [1.82, 2.24) is 15.0 Å². The van der Waals surface area contributed by atoms with Crippen molar-refractivity contribution in [2.75, 3.05) is 5.73 Å². The summed E-state index contributed by atoms with van der Waals surface area (Å²) < 4.78 is 0. The molecule has 0 aliphatic carbocycles. The Hall–Kier alpha value is -1.49. The summed E-state index contributed by atoms with van der Waals surface area (Å²) in [4.78, 5) is 13.8. The van der Waals surface area contributed by atoms with Gasteiger partial charge in [0.15, 0.2) is 0 Å². The Morgan fingerprint density at radius 3 is 2.38 bits per heavy atom. The van der Waals surface area contributed by atoms with Gasteiger partial charge in [-0.15, -0.1) is 11.3 Å². The third kappa shape index (κ3) is 3.59. The van der Waals surface area contributed by atoms with Gasteiger partial charge in [0.05, 0.1) is 16.4 Å². The summed E-state index contributed by atoms with van der Waals surface area (Å²) in [6.07, 6.45) is 0.721. The summed E-state index contributed by atoms with van der Waals surface area (Å²) in [7, 11) is 0. The highest BCUT2D eigenvalue weighted by atomic mass is 32.1. The van der Waals surface area contributed by atoms with Crippen LogP contribution in [0.4, 0.5) is 5.82 Å². The summed E-state index contributed by atoms with van der Waals surface area (Å²) in [5, 5.41) is 3.22. The molecular formula is C16H24N4S. The van der Waals surface area contributed by atoms with E-state index in [9.17, 15) is 0 Å². The average molecular weight is 304 g/mol. The van der Waals surface area contributed by atoms with Crippen LogP contribution in [0.2, 0.25) is 0 Å². The highest BCUT2D eigenvalue weighted by Crippen LogP contribution is 2.26. The van der Waals surface area contributed by atoms with Gasteiger partial charge in [-0.25, -0.2) is 15.0 Å². The molecule has 0 spiro atoms. The van der Waals surface area contributed by atoms with Crippen molar-refractivity contribution < 1.29 is 0 Å². The lowest BCUT2D eigenvalue weighted by Gasteiger charge is -2.14. The van der Waals surface area contributed by atoms with E-state index in [1.54, 1.807) is 11.3 Å². The molecule has 0 bridgehead atoms. The summed E-state index contributed by atoms with van der Waals surface area (Å²) in [5.41, 5.74) is 9.18. The molecule has 2 aromatic heterocycles. The van der Waals surface area contributed by atoms with E-state index in [-0.39, 0.29) is 11.3 Å². The maximum atomic E-state index is 6.02. The second-order valence-electron chi connectivity index (χ2n) is 6.75. The van der Waals surface area contributed by atoms with E-state index < -0.39 is 0 Å². The van der Waals surface area contributed by atoms with Gasteiger partial charge in [-0.2, -0.15) is 0 Å². The quantitative estimate of drug-likeness (QED) is 0.935. The van der Waals surface area contributed by atoms with Crippen LogP contribution in [-0.4, -0.2) is 15.0 Å². The molecule has 0 saturated heterocycles. The zero-order valence-electron chi connectivity index (χ0n) is 13.7. The summed E-state index contributed by atoms with van der Waals surface area (Å²) in [5.74, 6) is 1.66. The summed E-state index contributed by atoms with van der Waals surface area (Å²) in [6.45, 7) is 12.7. The minimum atomic E-state index is 0.0809. The van der Waals surface area contributed by atoms with Crippen LogP contribution < -0.4 is 5.73 Å². The Morgan fingerprint density at radius 1 is 1.19 bits per heavy atom. The fourth-order valence-electron chi connectivity index (χ4n) is 1.91. The van der Waals surface area contributed by atoms with Crippen molar-refractivity contribution in [1.29, 1.82) is 0 Å². The van der Waals surface area contributed by atoms with Crippen molar-refractivity contribution in [2.45, 2.75) is 59.3 Å². The molecule has 0 atom stereocenters. The Balaban J connectivity index is 2.33. The highest BCUT2D eigenvalue weighted by Gasteiger charge is 2.19. The monoisotopic (exact) mass is 304 g/mol. The van der Waals surface area contributed by atoms with E-state index in [0.29, 0.717) is 5.82 Å². The summed E-state index contributed by atoms with van der Waals surface area (Å²) >= 11 is 1.69. The average Bonchev–Trinajstić information content (AvgIpc) is 2.82. The predicted octanol–water partition coefficient (Wildman–Crippen LogP) is 3.84. The molecule has 0 aliphatic heterocycles. The highest BCUT2D eigenvalue weighted by molar-refractivity contribution is 7.09.